The number of nitrogens with zero attached hydrogens (tertiary/aromatic N) is 2. The van der Waals surface area contributed by atoms with Gasteiger partial charge in [-0.2, -0.15) is 0 Å². The summed E-state index contributed by atoms with van der Waals surface area (Å²) in [7, 11) is 0. The van der Waals surface area contributed by atoms with Crippen LogP contribution in [0.25, 0.3) is 0 Å². The lowest BCUT2D eigenvalue weighted by molar-refractivity contribution is 0.0624. The molecular weight excluding hydrogens is 344 g/mol. The Morgan fingerprint density at radius 2 is 1.56 bits per heavy atom. The standard InChI is InChI=1S/C21H22N2O4/c1-15-2-4-16(5-3-15)21(25)23-10-8-22(9-11-23)13-18(24)17-6-7-19-20(12-17)27-14-26-19/h2-7,12H,8-11,13-14H2,1H3. The van der Waals surface area contributed by atoms with Gasteiger partial charge in [0.2, 0.25) is 6.79 Å². The molecule has 1 amide bonds. The quantitative estimate of drug-likeness (QED) is 0.778. The van der Waals surface area contributed by atoms with E-state index in [2.05, 4.69) is 4.90 Å². The molecule has 6 nitrogen and oxygen atoms in total. The highest BCUT2D eigenvalue weighted by molar-refractivity contribution is 5.98. The third kappa shape index (κ3) is 3.80. The van der Waals surface area contributed by atoms with Crippen molar-refractivity contribution in [1.29, 1.82) is 0 Å². The molecule has 2 aliphatic rings. The number of carbonyl (C=O) groups is 2. The fraction of sp³-hybridized carbons (Fsp3) is 0.333. The lowest BCUT2D eigenvalue weighted by atomic mass is 10.1. The van der Waals surface area contributed by atoms with Crippen LogP contribution in [0.3, 0.4) is 0 Å². The molecule has 0 N–H and O–H groups in total. The minimum absolute atomic E-state index is 0.0478. The SMILES string of the molecule is Cc1ccc(C(=O)N2CCN(CC(=O)c3ccc4c(c3)OCO4)CC2)cc1. The number of amides is 1. The number of hydrogen-bond donors (Lipinski definition) is 0. The molecule has 27 heavy (non-hydrogen) atoms. The van der Waals surface area contributed by atoms with E-state index in [4.69, 9.17) is 9.47 Å². The monoisotopic (exact) mass is 366 g/mol. The number of hydrogen-bond acceptors (Lipinski definition) is 5. The van der Waals surface area contributed by atoms with Crippen molar-refractivity contribution in [3.8, 4) is 11.5 Å². The van der Waals surface area contributed by atoms with Crippen LogP contribution in [0.2, 0.25) is 0 Å². The molecular formula is C21H22N2O4. The zero-order valence-electron chi connectivity index (χ0n) is 15.3. The van der Waals surface area contributed by atoms with Gasteiger partial charge in [0.15, 0.2) is 17.3 Å². The average Bonchev–Trinajstić information content (AvgIpc) is 3.16. The fourth-order valence-electron chi connectivity index (χ4n) is 3.35. The van der Waals surface area contributed by atoms with E-state index in [0.717, 1.165) is 5.56 Å². The number of ether oxygens (including phenoxy) is 2. The van der Waals surface area contributed by atoms with E-state index in [-0.39, 0.29) is 18.5 Å². The first kappa shape index (κ1) is 17.5. The maximum Gasteiger partial charge on any atom is 0.253 e. The summed E-state index contributed by atoms with van der Waals surface area (Å²) < 4.78 is 10.6. The van der Waals surface area contributed by atoms with Gasteiger partial charge in [0.1, 0.15) is 0 Å². The van der Waals surface area contributed by atoms with Crippen molar-refractivity contribution in [2.45, 2.75) is 6.92 Å². The molecule has 0 aromatic heterocycles. The Morgan fingerprint density at radius 3 is 2.30 bits per heavy atom. The highest BCUT2D eigenvalue weighted by Gasteiger charge is 2.24. The maximum absolute atomic E-state index is 12.6. The number of ketones is 1. The third-order valence-corrected chi connectivity index (χ3v) is 5.02. The minimum Gasteiger partial charge on any atom is -0.454 e. The molecule has 140 valence electrons. The van der Waals surface area contributed by atoms with Gasteiger partial charge in [0.25, 0.3) is 5.91 Å². The summed E-state index contributed by atoms with van der Waals surface area (Å²) >= 11 is 0. The normalized spacial score (nSPS) is 16.4. The van der Waals surface area contributed by atoms with Gasteiger partial charge in [-0.05, 0) is 37.3 Å². The summed E-state index contributed by atoms with van der Waals surface area (Å²) in [5.74, 6) is 1.40. The number of aryl methyl sites for hydroxylation is 1. The topological polar surface area (TPSA) is 59.1 Å². The Balaban J connectivity index is 1.32. The van der Waals surface area contributed by atoms with E-state index in [1.54, 1.807) is 18.2 Å². The molecule has 0 aliphatic carbocycles. The predicted octanol–water partition coefficient (Wildman–Crippen LogP) is 2.36. The number of rotatable bonds is 4. The first-order chi connectivity index (χ1) is 13.1. The molecule has 0 spiro atoms. The van der Waals surface area contributed by atoms with Crippen LogP contribution < -0.4 is 9.47 Å². The summed E-state index contributed by atoms with van der Waals surface area (Å²) in [6, 6.07) is 12.9. The molecule has 1 saturated heterocycles. The second-order valence-electron chi connectivity index (χ2n) is 6.93. The van der Waals surface area contributed by atoms with Gasteiger partial charge in [-0.25, -0.2) is 0 Å². The van der Waals surface area contributed by atoms with E-state index in [1.165, 1.54) is 0 Å². The second kappa shape index (κ2) is 7.40. The van der Waals surface area contributed by atoms with E-state index < -0.39 is 0 Å². The van der Waals surface area contributed by atoms with Gasteiger partial charge in [0.05, 0.1) is 6.54 Å². The van der Waals surface area contributed by atoms with Gasteiger partial charge in [-0.3, -0.25) is 14.5 Å². The molecule has 1 fully saturated rings. The molecule has 2 heterocycles. The van der Waals surface area contributed by atoms with Gasteiger partial charge >= 0.3 is 0 Å². The fourth-order valence-corrected chi connectivity index (χ4v) is 3.35. The Morgan fingerprint density at radius 1 is 0.889 bits per heavy atom. The molecule has 0 radical (unpaired) electrons. The lowest BCUT2D eigenvalue weighted by Crippen LogP contribution is -2.49. The van der Waals surface area contributed by atoms with Crippen molar-refractivity contribution < 1.29 is 19.1 Å². The molecule has 2 aromatic carbocycles. The summed E-state index contributed by atoms with van der Waals surface area (Å²) in [5, 5.41) is 0. The van der Waals surface area contributed by atoms with E-state index in [1.807, 2.05) is 36.1 Å². The molecule has 2 aliphatic heterocycles. The zero-order chi connectivity index (χ0) is 18.8. The van der Waals surface area contributed by atoms with Crippen molar-refractivity contribution in [2.24, 2.45) is 0 Å². The van der Waals surface area contributed by atoms with E-state index >= 15 is 0 Å². The molecule has 0 atom stereocenters. The minimum atomic E-state index is 0.0478. The summed E-state index contributed by atoms with van der Waals surface area (Å²) in [6.07, 6.45) is 0. The Bertz CT molecular complexity index is 855. The van der Waals surface area contributed by atoms with Crippen LogP contribution in [0.4, 0.5) is 0 Å². The predicted molar refractivity (Wildman–Crippen MR) is 100 cm³/mol. The molecule has 4 rings (SSSR count). The first-order valence-electron chi connectivity index (χ1n) is 9.11. The van der Waals surface area contributed by atoms with Crippen molar-refractivity contribution >= 4 is 11.7 Å². The van der Waals surface area contributed by atoms with Crippen molar-refractivity contribution in [3.05, 3.63) is 59.2 Å². The zero-order valence-corrected chi connectivity index (χ0v) is 15.3. The van der Waals surface area contributed by atoms with Gasteiger partial charge in [-0.1, -0.05) is 17.7 Å². The largest absolute Gasteiger partial charge is 0.454 e. The van der Waals surface area contributed by atoms with Crippen molar-refractivity contribution in [1.82, 2.24) is 9.80 Å². The van der Waals surface area contributed by atoms with Crippen LogP contribution in [-0.4, -0.2) is 61.0 Å². The van der Waals surface area contributed by atoms with E-state index in [0.29, 0.717) is 55.3 Å². The van der Waals surface area contributed by atoms with Crippen LogP contribution in [0.5, 0.6) is 11.5 Å². The van der Waals surface area contributed by atoms with Crippen molar-refractivity contribution in [3.63, 3.8) is 0 Å². The number of carbonyl (C=O) groups excluding carboxylic acids is 2. The van der Waals surface area contributed by atoms with Crippen LogP contribution in [0, 0.1) is 6.92 Å². The van der Waals surface area contributed by atoms with Gasteiger partial charge < -0.3 is 14.4 Å². The molecule has 6 heteroatoms. The summed E-state index contributed by atoms with van der Waals surface area (Å²) in [6.45, 7) is 5.17. The molecule has 2 aromatic rings. The molecule has 0 bridgehead atoms. The second-order valence-corrected chi connectivity index (χ2v) is 6.93. The van der Waals surface area contributed by atoms with Crippen LogP contribution in [0.1, 0.15) is 26.3 Å². The van der Waals surface area contributed by atoms with Crippen LogP contribution >= 0.6 is 0 Å². The number of fused-ring (bicyclic) bond motifs is 1. The molecule has 0 saturated carbocycles. The number of Topliss-reactive ketones (excluding diaryl/α,β-unsaturated/α-hetero) is 1. The highest BCUT2D eigenvalue weighted by Crippen LogP contribution is 2.32. The smallest absolute Gasteiger partial charge is 0.253 e. The Kier molecular flexibility index (Phi) is 4.81. The van der Waals surface area contributed by atoms with E-state index in [9.17, 15) is 9.59 Å². The van der Waals surface area contributed by atoms with Crippen molar-refractivity contribution in [2.75, 3.05) is 39.5 Å². The number of benzene rings is 2. The van der Waals surface area contributed by atoms with Crippen LogP contribution in [0.15, 0.2) is 42.5 Å². The molecule has 0 unspecified atom stereocenters. The lowest BCUT2D eigenvalue weighted by Gasteiger charge is -2.34. The summed E-state index contributed by atoms with van der Waals surface area (Å²) in [5.41, 5.74) is 2.47. The highest BCUT2D eigenvalue weighted by atomic mass is 16.7. The van der Waals surface area contributed by atoms with Crippen LogP contribution in [-0.2, 0) is 0 Å². The van der Waals surface area contributed by atoms with Gasteiger partial charge in [0, 0.05) is 37.3 Å². The third-order valence-electron chi connectivity index (χ3n) is 5.02. The van der Waals surface area contributed by atoms with Gasteiger partial charge in [-0.15, -0.1) is 0 Å². The Labute approximate surface area is 158 Å². The summed E-state index contributed by atoms with van der Waals surface area (Å²) in [4.78, 5) is 29.1. The maximum atomic E-state index is 12.6. The number of piperazine rings is 1. The first-order valence-corrected chi connectivity index (χ1v) is 9.11. The average molecular weight is 366 g/mol. The Hall–Kier alpha value is -2.86.